The molecule has 2 atom stereocenters. The largest absolute Gasteiger partial charge is 0.312 e. The third-order valence-corrected chi connectivity index (χ3v) is 6.65. The Bertz CT molecular complexity index is 779. The molecule has 2 saturated carbocycles. The van der Waals surface area contributed by atoms with Gasteiger partial charge in [-0.1, -0.05) is 20.8 Å². The highest BCUT2D eigenvalue weighted by molar-refractivity contribution is 5.95. The van der Waals surface area contributed by atoms with Gasteiger partial charge in [-0.2, -0.15) is 10.2 Å². The van der Waals surface area contributed by atoms with E-state index in [1.54, 1.807) is 13.8 Å². The van der Waals surface area contributed by atoms with E-state index in [-0.39, 0.29) is 29.0 Å². The first-order valence-electron chi connectivity index (χ1n) is 8.62. The van der Waals surface area contributed by atoms with Gasteiger partial charge in [0, 0.05) is 11.1 Å². The second-order valence-electron chi connectivity index (χ2n) is 8.02. The third-order valence-electron chi connectivity index (χ3n) is 6.65. The number of nitro groups is 1. The minimum atomic E-state index is -0.468. The standard InChI is InChI=1S/C17H25N5O3/c1-10-15(22(24)25)11(2)21(20-10)9-14(23)19-18-13-8-12-6-7-17(13,5)16(12,3)4/h12H,6-9H2,1-5H3,(H,19,23). The predicted octanol–water partition coefficient (Wildman–Crippen LogP) is 2.73. The van der Waals surface area contributed by atoms with Crippen LogP contribution >= 0.6 is 0 Å². The highest BCUT2D eigenvalue weighted by atomic mass is 16.6. The van der Waals surface area contributed by atoms with Crippen molar-refractivity contribution < 1.29 is 9.72 Å². The fourth-order valence-corrected chi connectivity index (χ4v) is 4.50. The lowest BCUT2D eigenvalue weighted by atomic mass is 9.70. The minimum Gasteiger partial charge on any atom is -0.271 e. The maximum absolute atomic E-state index is 12.2. The monoisotopic (exact) mass is 347 g/mol. The van der Waals surface area contributed by atoms with E-state index >= 15 is 0 Å². The van der Waals surface area contributed by atoms with E-state index in [2.05, 4.69) is 36.4 Å². The lowest BCUT2D eigenvalue weighted by Crippen LogP contribution is -2.34. The molecule has 1 amide bonds. The fourth-order valence-electron chi connectivity index (χ4n) is 4.50. The van der Waals surface area contributed by atoms with E-state index in [1.165, 1.54) is 11.1 Å². The molecule has 0 radical (unpaired) electrons. The molecule has 2 fully saturated rings. The first-order chi connectivity index (χ1) is 11.6. The van der Waals surface area contributed by atoms with Crippen molar-refractivity contribution >= 4 is 17.3 Å². The smallest absolute Gasteiger partial charge is 0.271 e. The van der Waals surface area contributed by atoms with Gasteiger partial charge in [0.2, 0.25) is 0 Å². The zero-order chi connectivity index (χ0) is 18.6. The topological polar surface area (TPSA) is 102 Å². The predicted molar refractivity (Wildman–Crippen MR) is 93.2 cm³/mol. The van der Waals surface area contributed by atoms with Crippen molar-refractivity contribution in [2.24, 2.45) is 21.8 Å². The van der Waals surface area contributed by atoms with Gasteiger partial charge in [0.25, 0.3) is 5.91 Å². The van der Waals surface area contributed by atoms with Crippen LogP contribution in [0.5, 0.6) is 0 Å². The molecule has 2 unspecified atom stereocenters. The summed E-state index contributed by atoms with van der Waals surface area (Å²) in [4.78, 5) is 22.8. The van der Waals surface area contributed by atoms with Crippen LogP contribution in [0.25, 0.3) is 0 Å². The van der Waals surface area contributed by atoms with Crippen LogP contribution in [0.4, 0.5) is 5.69 Å². The van der Waals surface area contributed by atoms with Crippen molar-refractivity contribution in [1.82, 2.24) is 15.2 Å². The zero-order valence-electron chi connectivity index (χ0n) is 15.4. The number of amides is 1. The van der Waals surface area contributed by atoms with E-state index < -0.39 is 4.92 Å². The Balaban J connectivity index is 1.71. The number of hydrazone groups is 1. The maximum atomic E-state index is 12.2. The molecule has 136 valence electrons. The van der Waals surface area contributed by atoms with Gasteiger partial charge in [-0.05, 0) is 44.4 Å². The molecule has 1 heterocycles. The molecular formula is C17H25N5O3. The Hall–Kier alpha value is -2.25. The molecule has 25 heavy (non-hydrogen) atoms. The molecule has 3 rings (SSSR count). The van der Waals surface area contributed by atoms with E-state index in [1.807, 2.05) is 0 Å². The van der Waals surface area contributed by atoms with Crippen LogP contribution in [0.2, 0.25) is 0 Å². The number of carbonyl (C=O) groups excluding carboxylic acids is 1. The van der Waals surface area contributed by atoms with E-state index in [0.29, 0.717) is 17.3 Å². The number of nitrogens with zero attached hydrogens (tertiary/aromatic N) is 4. The van der Waals surface area contributed by atoms with Gasteiger partial charge in [-0.3, -0.25) is 19.6 Å². The Morgan fingerprint density at radius 2 is 2.12 bits per heavy atom. The minimum absolute atomic E-state index is 0.0297. The van der Waals surface area contributed by atoms with Crippen molar-refractivity contribution in [1.29, 1.82) is 0 Å². The summed E-state index contributed by atoms with van der Waals surface area (Å²) in [6, 6.07) is 0. The Kier molecular flexibility index (Phi) is 3.96. The summed E-state index contributed by atoms with van der Waals surface area (Å²) in [5.41, 5.74) is 4.55. The van der Waals surface area contributed by atoms with Crippen molar-refractivity contribution in [2.45, 2.75) is 60.4 Å². The van der Waals surface area contributed by atoms with E-state index in [0.717, 1.165) is 18.6 Å². The molecule has 0 aromatic carbocycles. The van der Waals surface area contributed by atoms with E-state index in [9.17, 15) is 14.9 Å². The molecule has 0 aliphatic heterocycles. The molecule has 2 aliphatic rings. The van der Waals surface area contributed by atoms with Gasteiger partial charge in [0.15, 0.2) is 0 Å². The molecule has 8 nitrogen and oxygen atoms in total. The number of aromatic nitrogens is 2. The SMILES string of the molecule is Cc1nn(CC(=O)NN=C2CC3CCC2(C)C3(C)C)c(C)c1[N+](=O)[O-]. The van der Waals surface area contributed by atoms with Crippen LogP contribution < -0.4 is 5.43 Å². The number of nitrogens with one attached hydrogen (secondary N) is 1. The number of rotatable bonds is 4. The first-order valence-corrected chi connectivity index (χ1v) is 8.62. The number of fused-ring (bicyclic) bond motifs is 2. The molecule has 2 bridgehead atoms. The van der Waals surface area contributed by atoms with Crippen molar-refractivity contribution in [3.8, 4) is 0 Å². The molecule has 2 aliphatic carbocycles. The summed E-state index contributed by atoms with van der Waals surface area (Å²) in [7, 11) is 0. The summed E-state index contributed by atoms with van der Waals surface area (Å²) in [5.74, 6) is 0.295. The molecule has 1 N–H and O–H groups in total. The summed E-state index contributed by atoms with van der Waals surface area (Å²) in [5, 5.41) is 19.5. The molecule has 1 aromatic rings. The van der Waals surface area contributed by atoms with Gasteiger partial charge in [-0.15, -0.1) is 0 Å². The number of hydrogen-bond acceptors (Lipinski definition) is 5. The van der Waals surface area contributed by atoms with Gasteiger partial charge in [0.05, 0.1) is 4.92 Å². The van der Waals surface area contributed by atoms with E-state index in [4.69, 9.17) is 0 Å². The van der Waals surface area contributed by atoms with Gasteiger partial charge in [0.1, 0.15) is 17.9 Å². The lowest BCUT2D eigenvalue weighted by Gasteiger charge is -2.34. The Labute approximate surface area is 146 Å². The third kappa shape index (κ3) is 2.54. The molecule has 0 spiro atoms. The highest BCUT2D eigenvalue weighted by Crippen LogP contribution is 2.63. The molecule has 8 heteroatoms. The summed E-state index contributed by atoms with van der Waals surface area (Å²) >= 11 is 0. The van der Waals surface area contributed by atoms with Crippen LogP contribution in [-0.2, 0) is 11.3 Å². The van der Waals surface area contributed by atoms with Crippen LogP contribution in [0.3, 0.4) is 0 Å². The number of aryl methyl sites for hydroxylation is 1. The lowest BCUT2D eigenvalue weighted by molar-refractivity contribution is -0.386. The van der Waals surface area contributed by atoms with Crippen LogP contribution in [0.1, 0.15) is 51.4 Å². The summed E-state index contributed by atoms with van der Waals surface area (Å²) < 4.78 is 1.36. The molecular weight excluding hydrogens is 322 g/mol. The summed E-state index contributed by atoms with van der Waals surface area (Å²) in [6.07, 6.45) is 3.24. The van der Waals surface area contributed by atoms with Crippen molar-refractivity contribution in [3.05, 3.63) is 21.5 Å². The Morgan fingerprint density at radius 3 is 2.60 bits per heavy atom. The Morgan fingerprint density at radius 1 is 1.44 bits per heavy atom. The highest BCUT2D eigenvalue weighted by Gasteiger charge is 2.60. The van der Waals surface area contributed by atoms with Crippen LogP contribution in [0, 0.1) is 40.7 Å². The van der Waals surface area contributed by atoms with Crippen LogP contribution in [0.15, 0.2) is 5.10 Å². The average molecular weight is 347 g/mol. The second-order valence-corrected chi connectivity index (χ2v) is 8.02. The quantitative estimate of drug-likeness (QED) is 0.668. The molecule has 0 saturated heterocycles. The maximum Gasteiger partial charge on any atom is 0.312 e. The molecule has 1 aromatic heterocycles. The zero-order valence-corrected chi connectivity index (χ0v) is 15.4. The van der Waals surface area contributed by atoms with Crippen molar-refractivity contribution in [3.63, 3.8) is 0 Å². The van der Waals surface area contributed by atoms with Gasteiger partial charge in [-0.25, -0.2) is 5.43 Å². The second kappa shape index (κ2) is 5.64. The number of carbonyl (C=O) groups is 1. The van der Waals surface area contributed by atoms with Crippen molar-refractivity contribution in [2.75, 3.05) is 0 Å². The average Bonchev–Trinajstić information content (AvgIpc) is 2.98. The first kappa shape index (κ1) is 17.6. The van der Waals surface area contributed by atoms with Gasteiger partial charge >= 0.3 is 5.69 Å². The fraction of sp³-hybridized carbons (Fsp3) is 0.706. The normalized spacial score (nSPS) is 28.5. The van der Waals surface area contributed by atoms with Crippen LogP contribution in [-0.4, -0.2) is 26.3 Å². The number of hydrogen-bond donors (Lipinski definition) is 1. The van der Waals surface area contributed by atoms with Gasteiger partial charge < -0.3 is 0 Å². The summed E-state index contributed by atoms with van der Waals surface area (Å²) in [6.45, 7) is 9.87.